The van der Waals surface area contributed by atoms with E-state index < -0.39 is 6.10 Å². The number of hydrogen-bond acceptors (Lipinski definition) is 5. The molecule has 4 rings (SSSR count). The summed E-state index contributed by atoms with van der Waals surface area (Å²) in [7, 11) is 0. The molecule has 2 aliphatic rings. The van der Waals surface area contributed by atoms with E-state index in [0.29, 0.717) is 41.9 Å². The van der Waals surface area contributed by atoms with Crippen LogP contribution in [0.4, 0.5) is 5.69 Å². The topological polar surface area (TPSA) is 66.0 Å². The van der Waals surface area contributed by atoms with Gasteiger partial charge in [-0.1, -0.05) is 12.1 Å². The smallest absolute Gasteiger partial charge is 0.269 e. The van der Waals surface area contributed by atoms with Crippen molar-refractivity contribution in [2.45, 2.75) is 12.5 Å². The van der Waals surface area contributed by atoms with E-state index in [1.165, 1.54) is 0 Å². The summed E-state index contributed by atoms with van der Waals surface area (Å²) in [6, 6.07) is 12.6. The van der Waals surface area contributed by atoms with Crippen LogP contribution >= 0.6 is 0 Å². The molecular formula is C18H17NO5. The second-order valence-electron chi connectivity index (χ2n) is 5.57. The lowest BCUT2D eigenvalue weighted by Gasteiger charge is -2.25. The van der Waals surface area contributed by atoms with Crippen LogP contribution in [0, 0.1) is 0 Å². The number of hydrogen-bond donors (Lipinski definition) is 1. The van der Waals surface area contributed by atoms with Crippen molar-refractivity contribution in [1.82, 2.24) is 0 Å². The van der Waals surface area contributed by atoms with Gasteiger partial charge in [0.25, 0.3) is 5.91 Å². The molecule has 0 aliphatic carbocycles. The number of fused-ring (bicyclic) bond motifs is 2. The summed E-state index contributed by atoms with van der Waals surface area (Å²) >= 11 is 0. The second-order valence-corrected chi connectivity index (χ2v) is 5.57. The van der Waals surface area contributed by atoms with Gasteiger partial charge in [0.1, 0.15) is 6.61 Å². The first-order valence-electron chi connectivity index (χ1n) is 7.88. The van der Waals surface area contributed by atoms with Crippen LogP contribution in [0.2, 0.25) is 0 Å². The van der Waals surface area contributed by atoms with Crippen molar-refractivity contribution in [1.29, 1.82) is 0 Å². The third kappa shape index (κ3) is 2.95. The zero-order chi connectivity index (χ0) is 16.4. The summed E-state index contributed by atoms with van der Waals surface area (Å²) in [6.07, 6.45) is 0.138. The predicted molar refractivity (Wildman–Crippen MR) is 87.0 cm³/mol. The number of nitrogens with one attached hydrogen (secondary N) is 1. The highest BCUT2D eigenvalue weighted by Gasteiger charge is 2.27. The lowest BCUT2D eigenvalue weighted by Crippen LogP contribution is -2.40. The molecule has 0 saturated heterocycles. The number of amides is 1. The molecule has 0 spiro atoms. The maximum absolute atomic E-state index is 12.4. The molecule has 24 heavy (non-hydrogen) atoms. The Morgan fingerprint density at radius 3 is 2.54 bits per heavy atom. The van der Waals surface area contributed by atoms with Gasteiger partial charge in [0, 0.05) is 18.2 Å². The van der Waals surface area contributed by atoms with Crippen LogP contribution < -0.4 is 24.3 Å². The molecule has 2 aromatic rings. The van der Waals surface area contributed by atoms with Gasteiger partial charge >= 0.3 is 0 Å². The number of para-hydroxylation sites is 2. The van der Waals surface area contributed by atoms with E-state index in [9.17, 15) is 4.79 Å². The fourth-order valence-electron chi connectivity index (χ4n) is 2.61. The molecule has 1 N–H and O–H groups in total. The van der Waals surface area contributed by atoms with Crippen molar-refractivity contribution in [2.24, 2.45) is 0 Å². The predicted octanol–water partition coefficient (Wildman–Crippen LogP) is 2.63. The Kier molecular flexibility index (Phi) is 3.86. The minimum absolute atomic E-state index is 0.174. The normalized spacial score (nSPS) is 18.4. The van der Waals surface area contributed by atoms with Crippen molar-refractivity contribution in [2.75, 3.05) is 25.1 Å². The van der Waals surface area contributed by atoms with Crippen molar-refractivity contribution >= 4 is 11.6 Å². The number of carbonyl (C=O) groups is 1. The van der Waals surface area contributed by atoms with Gasteiger partial charge in [-0.2, -0.15) is 0 Å². The van der Waals surface area contributed by atoms with Crippen LogP contribution in [0.5, 0.6) is 23.0 Å². The summed E-state index contributed by atoms with van der Waals surface area (Å²) in [5, 5.41) is 2.83. The number of anilines is 1. The van der Waals surface area contributed by atoms with E-state index in [2.05, 4.69) is 5.32 Å². The Morgan fingerprint density at radius 2 is 1.67 bits per heavy atom. The minimum atomic E-state index is -0.698. The molecular weight excluding hydrogens is 310 g/mol. The SMILES string of the molecule is O=C(Nc1ccc2c(c1)OCCCO2)C1COc2ccccc2O1. The standard InChI is InChI=1S/C18H17NO5/c20-18(17-11-23-13-4-1-2-5-15(13)24-17)19-12-6-7-14-16(10-12)22-9-3-8-21-14/h1-2,4-7,10,17H,3,8-9,11H2,(H,19,20). The van der Waals surface area contributed by atoms with Crippen LogP contribution in [0.25, 0.3) is 0 Å². The Hall–Kier alpha value is -2.89. The van der Waals surface area contributed by atoms with Crippen molar-refractivity contribution < 1.29 is 23.7 Å². The highest BCUT2D eigenvalue weighted by Crippen LogP contribution is 2.33. The molecule has 2 aromatic carbocycles. The first-order chi connectivity index (χ1) is 11.8. The largest absolute Gasteiger partial charge is 0.490 e. The summed E-state index contributed by atoms with van der Waals surface area (Å²) in [6.45, 7) is 1.40. The van der Waals surface area contributed by atoms with Crippen LogP contribution in [0.15, 0.2) is 42.5 Å². The van der Waals surface area contributed by atoms with E-state index in [-0.39, 0.29) is 12.5 Å². The van der Waals surface area contributed by atoms with Gasteiger partial charge in [0.2, 0.25) is 6.10 Å². The molecule has 1 amide bonds. The molecule has 6 heteroatoms. The number of rotatable bonds is 2. The monoisotopic (exact) mass is 327 g/mol. The van der Waals surface area contributed by atoms with E-state index in [1.807, 2.05) is 18.2 Å². The Balaban J connectivity index is 1.46. The van der Waals surface area contributed by atoms with Gasteiger partial charge < -0.3 is 24.3 Å². The fraction of sp³-hybridized carbons (Fsp3) is 0.278. The summed E-state index contributed by atoms with van der Waals surface area (Å²) in [5.41, 5.74) is 0.631. The number of benzene rings is 2. The number of carbonyl (C=O) groups excluding carboxylic acids is 1. The van der Waals surface area contributed by atoms with Gasteiger partial charge in [-0.3, -0.25) is 4.79 Å². The molecule has 0 bridgehead atoms. The third-order valence-corrected chi connectivity index (χ3v) is 3.82. The van der Waals surface area contributed by atoms with Crippen LogP contribution in [-0.4, -0.2) is 31.8 Å². The fourth-order valence-corrected chi connectivity index (χ4v) is 2.61. The molecule has 2 heterocycles. The van der Waals surface area contributed by atoms with Crippen LogP contribution in [-0.2, 0) is 4.79 Å². The van der Waals surface area contributed by atoms with E-state index >= 15 is 0 Å². The Bertz CT molecular complexity index is 761. The van der Waals surface area contributed by atoms with Gasteiger partial charge in [-0.15, -0.1) is 0 Å². The lowest BCUT2D eigenvalue weighted by molar-refractivity contribution is -0.125. The average molecular weight is 327 g/mol. The van der Waals surface area contributed by atoms with Gasteiger partial charge in [0.05, 0.1) is 13.2 Å². The minimum Gasteiger partial charge on any atom is -0.490 e. The molecule has 0 saturated carbocycles. The molecule has 6 nitrogen and oxygen atoms in total. The van der Waals surface area contributed by atoms with E-state index in [4.69, 9.17) is 18.9 Å². The molecule has 1 unspecified atom stereocenters. The zero-order valence-electron chi connectivity index (χ0n) is 13.0. The highest BCUT2D eigenvalue weighted by molar-refractivity contribution is 5.95. The van der Waals surface area contributed by atoms with Gasteiger partial charge in [-0.25, -0.2) is 0 Å². The van der Waals surface area contributed by atoms with E-state index in [1.54, 1.807) is 24.3 Å². The molecule has 2 aliphatic heterocycles. The number of ether oxygens (including phenoxy) is 4. The van der Waals surface area contributed by atoms with E-state index in [0.717, 1.165) is 6.42 Å². The molecule has 124 valence electrons. The van der Waals surface area contributed by atoms with Crippen LogP contribution in [0.3, 0.4) is 0 Å². The Labute approximate surface area is 139 Å². The average Bonchev–Trinajstić information content (AvgIpc) is 2.86. The maximum atomic E-state index is 12.4. The molecule has 0 fully saturated rings. The first-order valence-corrected chi connectivity index (χ1v) is 7.88. The van der Waals surface area contributed by atoms with Crippen molar-refractivity contribution in [3.8, 4) is 23.0 Å². The quantitative estimate of drug-likeness (QED) is 0.918. The van der Waals surface area contributed by atoms with Crippen molar-refractivity contribution in [3.05, 3.63) is 42.5 Å². The second kappa shape index (κ2) is 6.31. The Morgan fingerprint density at radius 1 is 0.917 bits per heavy atom. The van der Waals surface area contributed by atoms with Crippen LogP contribution in [0.1, 0.15) is 6.42 Å². The first kappa shape index (κ1) is 14.7. The van der Waals surface area contributed by atoms with Crippen molar-refractivity contribution in [3.63, 3.8) is 0 Å². The summed E-state index contributed by atoms with van der Waals surface area (Å²) < 4.78 is 22.5. The maximum Gasteiger partial charge on any atom is 0.269 e. The lowest BCUT2D eigenvalue weighted by atomic mass is 10.2. The highest BCUT2D eigenvalue weighted by atomic mass is 16.6. The summed E-state index contributed by atoms with van der Waals surface area (Å²) in [5.74, 6) is 2.28. The zero-order valence-corrected chi connectivity index (χ0v) is 13.0. The molecule has 1 atom stereocenters. The molecule has 0 radical (unpaired) electrons. The third-order valence-electron chi connectivity index (χ3n) is 3.82. The van der Waals surface area contributed by atoms with Gasteiger partial charge in [0.15, 0.2) is 23.0 Å². The summed E-state index contributed by atoms with van der Waals surface area (Å²) in [4.78, 5) is 12.4. The molecule has 0 aromatic heterocycles. The van der Waals surface area contributed by atoms with Gasteiger partial charge in [-0.05, 0) is 24.3 Å².